The standard InChI is InChI=1S/C19H16ClN3O3/c1-12-7-8-14(9-16(12)20)23-18(24)13(10-21)11-22-17-6-4-3-5-15(17)19(25)26-2/h3-9,11,22H,1-2H3,(H,23,24)/b13-11-. The molecule has 0 spiro atoms. The van der Waals surface area contributed by atoms with Gasteiger partial charge in [0, 0.05) is 16.9 Å². The molecule has 6 nitrogen and oxygen atoms in total. The summed E-state index contributed by atoms with van der Waals surface area (Å²) in [5.41, 5.74) is 1.89. The van der Waals surface area contributed by atoms with Crippen LogP contribution in [0.3, 0.4) is 0 Å². The summed E-state index contributed by atoms with van der Waals surface area (Å²) in [7, 11) is 1.27. The van der Waals surface area contributed by atoms with E-state index >= 15 is 0 Å². The third kappa shape index (κ3) is 4.62. The number of anilines is 2. The number of carbonyl (C=O) groups is 2. The number of amides is 1. The van der Waals surface area contributed by atoms with Crippen LogP contribution in [0.25, 0.3) is 0 Å². The van der Waals surface area contributed by atoms with E-state index in [0.717, 1.165) is 5.56 Å². The molecule has 2 aromatic carbocycles. The topological polar surface area (TPSA) is 91.2 Å². The second kappa shape index (κ2) is 8.70. The van der Waals surface area contributed by atoms with Crippen LogP contribution in [0.4, 0.5) is 11.4 Å². The van der Waals surface area contributed by atoms with E-state index in [-0.39, 0.29) is 11.1 Å². The molecule has 0 aliphatic carbocycles. The Morgan fingerprint density at radius 3 is 2.62 bits per heavy atom. The van der Waals surface area contributed by atoms with Gasteiger partial charge in [-0.2, -0.15) is 5.26 Å². The number of ether oxygens (including phenoxy) is 1. The van der Waals surface area contributed by atoms with Crippen molar-refractivity contribution in [3.05, 3.63) is 70.4 Å². The normalized spacial score (nSPS) is 10.6. The zero-order chi connectivity index (χ0) is 19.1. The first-order chi connectivity index (χ1) is 12.5. The van der Waals surface area contributed by atoms with E-state index in [1.165, 1.54) is 13.3 Å². The van der Waals surface area contributed by atoms with Crippen LogP contribution in [0, 0.1) is 18.3 Å². The van der Waals surface area contributed by atoms with E-state index in [2.05, 4.69) is 10.6 Å². The number of nitriles is 1. The number of aryl methyl sites for hydroxylation is 1. The van der Waals surface area contributed by atoms with Gasteiger partial charge in [-0.25, -0.2) is 4.79 Å². The molecule has 7 heteroatoms. The maximum absolute atomic E-state index is 12.3. The lowest BCUT2D eigenvalue weighted by Crippen LogP contribution is -2.15. The van der Waals surface area contributed by atoms with Gasteiger partial charge in [-0.3, -0.25) is 4.79 Å². The molecule has 0 radical (unpaired) electrons. The van der Waals surface area contributed by atoms with E-state index < -0.39 is 11.9 Å². The van der Waals surface area contributed by atoms with Gasteiger partial charge < -0.3 is 15.4 Å². The van der Waals surface area contributed by atoms with Crippen molar-refractivity contribution < 1.29 is 14.3 Å². The Morgan fingerprint density at radius 2 is 1.96 bits per heavy atom. The number of hydrogen-bond acceptors (Lipinski definition) is 5. The van der Waals surface area contributed by atoms with Gasteiger partial charge >= 0.3 is 5.97 Å². The molecule has 0 heterocycles. The van der Waals surface area contributed by atoms with Crippen LogP contribution in [0.1, 0.15) is 15.9 Å². The highest BCUT2D eigenvalue weighted by atomic mass is 35.5. The molecule has 0 saturated heterocycles. The lowest BCUT2D eigenvalue weighted by atomic mass is 10.1. The molecule has 0 aromatic heterocycles. The predicted molar refractivity (Wildman–Crippen MR) is 99.9 cm³/mol. The summed E-state index contributed by atoms with van der Waals surface area (Å²) in [6.07, 6.45) is 1.23. The summed E-state index contributed by atoms with van der Waals surface area (Å²) in [5, 5.41) is 15.1. The first kappa shape index (κ1) is 19.0. The van der Waals surface area contributed by atoms with Crippen molar-refractivity contribution >= 4 is 34.9 Å². The van der Waals surface area contributed by atoms with Crippen molar-refractivity contribution in [3.8, 4) is 6.07 Å². The number of carbonyl (C=O) groups excluding carboxylic acids is 2. The SMILES string of the molecule is COC(=O)c1ccccc1N/C=C(/C#N)C(=O)Nc1ccc(C)c(Cl)c1. The molecule has 0 aliphatic heterocycles. The summed E-state index contributed by atoms with van der Waals surface area (Å²) in [5.74, 6) is -1.13. The third-order valence-corrected chi connectivity index (χ3v) is 3.91. The van der Waals surface area contributed by atoms with Gasteiger partial charge in [0.2, 0.25) is 0 Å². The zero-order valence-corrected chi connectivity index (χ0v) is 14.9. The number of halogens is 1. The van der Waals surface area contributed by atoms with Crippen LogP contribution in [0.5, 0.6) is 0 Å². The van der Waals surface area contributed by atoms with Crippen molar-refractivity contribution in [2.45, 2.75) is 6.92 Å². The molecular weight excluding hydrogens is 354 g/mol. The molecular formula is C19H16ClN3O3. The number of benzene rings is 2. The van der Waals surface area contributed by atoms with E-state index in [1.807, 2.05) is 13.0 Å². The number of methoxy groups -OCH3 is 1. The summed E-state index contributed by atoms with van der Waals surface area (Å²) in [4.78, 5) is 24.0. The Balaban J connectivity index is 2.18. The lowest BCUT2D eigenvalue weighted by Gasteiger charge is -2.09. The van der Waals surface area contributed by atoms with Gasteiger partial charge in [-0.05, 0) is 36.8 Å². The fraction of sp³-hybridized carbons (Fsp3) is 0.105. The van der Waals surface area contributed by atoms with Gasteiger partial charge in [-0.1, -0.05) is 29.8 Å². The molecule has 0 bridgehead atoms. The first-order valence-corrected chi connectivity index (χ1v) is 7.95. The van der Waals surface area contributed by atoms with Gasteiger partial charge in [-0.15, -0.1) is 0 Å². The Morgan fingerprint density at radius 1 is 1.23 bits per heavy atom. The maximum Gasteiger partial charge on any atom is 0.339 e. The quantitative estimate of drug-likeness (QED) is 0.474. The van der Waals surface area contributed by atoms with Crippen molar-refractivity contribution in [2.75, 3.05) is 17.7 Å². The van der Waals surface area contributed by atoms with Gasteiger partial charge in [0.15, 0.2) is 0 Å². The monoisotopic (exact) mass is 369 g/mol. The molecule has 0 unspecified atom stereocenters. The summed E-state index contributed by atoms with van der Waals surface area (Å²) < 4.78 is 4.70. The molecule has 2 N–H and O–H groups in total. The first-order valence-electron chi connectivity index (χ1n) is 7.58. The maximum atomic E-state index is 12.3. The largest absolute Gasteiger partial charge is 0.465 e. The van der Waals surface area contributed by atoms with Crippen molar-refractivity contribution in [2.24, 2.45) is 0 Å². The average molecular weight is 370 g/mol. The Kier molecular flexibility index (Phi) is 6.36. The molecule has 0 saturated carbocycles. The Labute approximate surface area is 156 Å². The van der Waals surface area contributed by atoms with Gasteiger partial charge in [0.25, 0.3) is 5.91 Å². The minimum Gasteiger partial charge on any atom is -0.465 e. The number of hydrogen-bond donors (Lipinski definition) is 2. The molecule has 0 aliphatic rings. The van der Waals surface area contributed by atoms with Gasteiger partial charge in [0.05, 0.1) is 18.4 Å². The Hall–Kier alpha value is -3.30. The molecule has 1 amide bonds. The smallest absolute Gasteiger partial charge is 0.339 e. The average Bonchev–Trinajstić information content (AvgIpc) is 2.65. The highest BCUT2D eigenvalue weighted by Gasteiger charge is 2.13. The van der Waals surface area contributed by atoms with E-state index in [9.17, 15) is 14.9 Å². The second-order valence-electron chi connectivity index (χ2n) is 5.27. The summed E-state index contributed by atoms with van der Waals surface area (Å²) in [6.45, 7) is 1.84. The molecule has 0 atom stereocenters. The van der Waals surface area contributed by atoms with Crippen LogP contribution in [-0.2, 0) is 9.53 Å². The number of esters is 1. The van der Waals surface area contributed by atoms with Crippen LogP contribution >= 0.6 is 11.6 Å². The fourth-order valence-electron chi connectivity index (χ4n) is 2.06. The Bertz CT molecular complexity index is 916. The number of nitrogens with zero attached hydrogens (tertiary/aromatic N) is 1. The second-order valence-corrected chi connectivity index (χ2v) is 5.68. The molecule has 0 fully saturated rings. The van der Waals surface area contributed by atoms with Crippen LogP contribution in [0.2, 0.25) is 5.02 Å². The zero-order valence-electron chi connectivity index (χ0n) is 14.2. The number of rotatable bonds is 5. The number of nitrogens with one attached hydrogen (secondary N) is 2. The highest BCUT2D eigenvalue weighted by Crippen LogP contribution is 2.20. The van der Waals surface area contributed by atoms with Crippen molar-refractivity contribution in [3.63, 3.8) is 0 Å². The minimum atomic E-state index is -0.601. The van der Waals surface area contributed by atoms with Crippen LogP contribution in [0.15, 0.2) is 54.2 Å². The highest BCUT2D eigenvalue weighted by molar-refractivity contribution is 6.31. The number of para-hydroxylation sites is 1. The molecule has 2 rings (SSSR count). The van der Waals surface area contributed by atoms with Crippen LogP contribution in [-0.4, -0.2) is 19.0 Å². The van der Waals surface area contributed by atoms with E-state index in [1.54, 1.807) is 42.5 Å². The third-order valence-electron chi connectivity index (χ3n) is 3.50. The van der Waals surface area contributed by atoms with Crippen molar-refractivity contribution in [1.29, 1.82) is 5.26 Å². The summed E-state index contributed by atoms with van der Waals surface area (Å²) in [6, 6.07) is 13.5. The fourth-order valence-corrected chi connectivity index (χ4v) is 2.25. The molecule has 26 heavy (non-hydrogen) atoms. The predicted octanol–water partition coefficient (Wildman–Crippen LogP) is 3.89. The van der Waals surface area contributed by atoms with Crippen molar-refractivity contribution in [1.82, 2.24) is 0 Å². The molecule has 2 aromatic rings. The van der Waals surface area contributed by atoms with Crippen LogP contribution < -0.4 is 10.6 Å². The van der Waals surface area contributed by atoms with Gasteiger partial charge in [0.1, 0.15) is 11.6 Å². The summed E-state index contributed by atoms with van der Waals surface area (Å²) >= 11 is 6.03. The minimum absolute atomic E-state index is 0.165. The van der Waals surface area contributed by atoms with E-state index in [0.29, 0.717) is 16.4 Å². The molecule has 132 valence electrons. The van der Waals surface area contributed by atoms with E-state index in [4.69, 9.17) is 16.3 Å². The lowest BCUT2D eigenvalue weighted by molar-refractivity contribution is -0.112.